The molecular weight excluding hydrogens is 196 g/mol. The molecule has 1 aliphatic carbocycles. The highest BCUT2D eigenvalue weighted by molar-refractivity contribution is 5.32. The molecule has 1 unspecified atom stereocenters. The summed E-state index contributed by atoms with van der Waals surface area (Å²) in [5, 5.41) is 0. The van der Waals surface area contributed by atoms with Crippen LogP contribution >= 0.6 is 0 Å². The molecule has 0 amide bonds. The highest BCUT2D eigenvalue weighted by Gasteiger charge is 2.27. The zero-order valence-corrected chi connectivity index (χ0v) is 10.8. The molecule has 0 bridgehead atoms. The van der Waals surface area contributed by atoms with Gasteiger partial charge in [-0.25, -0.2) is 0 Å². The Balaban J connectivity index is 2.08. The molecule has 1 heterocycles. The maximum absolute atomic E-state index is 6.30. The van der Waals surface area contributed by atoms with Crippen LogP contribution in [-0.4, -0.2) is 17.6 Å². The molecule has 0 saturated carbocycles. The Morgan fingerprint density at radius 2 is 1.94 bits per heavy atom. The first kappa shape index (κ1) is 11.7. The number of hydrogen-bond donors (Lipinski definition) is 1. The van der Waals surface area contributed by atoms with E-state index < -0.39 is 0 Å². The van der Waals surface area contributed by atoms with Crippen molar-refractivity contribution in [2.24, 2.45) is 11.1 Å². The maximum atomic E-state index is 6.30. The highest BCUT2D eigenvalue weighted by atomic mass is 15.2. The van der Waals surface area contributed by atoms with Crippen molar-refractivity contribution in [1.29, 1.82) is 0 Å². The van der Waals surface area contributed by atoms with E-state index in [2.05, 4.69) is 37.9 Å². The quantitative estimate of drug-likeness (QED) is 0.736. The molecule has 2 heteroatoms. The smallest absolute Gasteiger partial charge is 0.0817 e. The lowest BCUT2D eigenvalue weighted by molar-refractivity contribution is 0.157. The Morgan fingerprint density at radius 3 is 2.62 bits per heavy atom. The number of hydrogen-bond acceptors (Lipinski definition) is 2. The van der Waals surface area contributed by atoms with Crippen molar-refractivity contribution in [1.82, 2.24) is 4.90 Å². The number of rotatable bonds is 1. The zero-order valence-electron chi connectivity index (χ0n) is 10.8. The second-order valence-electron chi connectivity index (χ2n) is 6.13. The van der Waals surface area contributed by atoms with E-state index in [0.717, 1.165) is 6.54 Å². The van der Waals surface area contributed by atoms with E-state index in [9.17, 15) is 0 Å². The Kier molecular flexibility index (Phi) is 3.11. The second kappa shape index (κ2) is 4.25. The van der Waals surface area contributed by atoms with Crippen molar-refractivity contribution < 1.29 is 0 Å². The van der Waals surface area contributed by atoms with Crippen LogP contribution in [0, 0.1) is 5.41 Å². The van der Waals surface area contributed by atoms with Crippen LogP contribution in [0.5, 0.6) is 0 Å². The lowest BCUT2D eigenvalue weighted by atomic mass is 9.87. The van der Waals surface area contributed by atoms with E-state index in [4.69, 9.17) is 5.73 Å². The fraction of sp³-hybridized carbons (Fsp3) is 0.714. The minimum Gasteiger partial charge on any atom is -0.358 e. The van der Waals surface area contributed by atoms with Crippen LogP contribution in [0.15, 0.2) is 23.4 Å². The first-order valence-electron chi connectivity index (χ1n) is 6.39. The first-order chi connectivity index (χ1) is 7.48. The molecule has 0 saturated heterocycles. The summed E-state index contributed by atoms with van der Waals surface area (Å²) in [7, 11) is 0. The van der Waals surface area contributed by atoms with E-state index in [1.54, 1.807) is 11.1 Å². The van der Waals surface area contributed by atoms with Crippen LogP contribution in [0.3, 0.4) is 0 Å². The molecule has 0 radical (unpaired) electrons. The topological polar surface area (TPSA) is 29.3 Å². The zero-order chi connectivity index (χ0) is 11.8. The van der Waals surface area contributed by atoms with Crippen molar-refractivity contribution >= 4 is 0 Å². The monoisotopic (exact) mass is 220 g/mol. The van der Waals surface area contributed by atoms with E-state index in [1.165, 1.54) is 25.7 Å². The van der Waals surface area contributed by atoms with E-state index in [-0.39, 0.29) is 11.6 Å². The van der Waals surface area contributed by atoms with Crippen molar-refractivity contribution in [2.75, 3.05) is 6.54 Å². The number of nitrogens with two attached hydrogens (primary N) is 1. The van der Waals surface area contributed by atoms with Gasteiger partial charge in [0.2, 0.25) is 0 Å². The van der Waals surface area contributed by atoms with E-state index in [1.807, 2.05) is 0 Å². The normalized spacial score (nSPS) is 23.4. The largest absolute Gasteiger partial charge is 0.358 e. The van der Waals surface area contributed by atoms with Gasteiger partial charge in [0.1, 0.15) is 0 Å². The molecule has 0 fully saturated rings. The molecule has 1 atom stereocenters. The minimum absolute atomic E-state index is 0.111. The van der Waals surface area contributed by atoms with E-state index in [0.29, 0.717) is 0 Å². The molecule has 2 nitrogen and oxygen atoms in total. The van der Waals surface area contributed by atoms with Crippen LogP contribution < -0.4 is 5.73 Å². The van der Waals surface area contributed by atoms with Crippen molar-refractivity contribution in [3.8, 4) is 0 Å². The average molecular weight is 220 g/mol. The summed E-state index contributed by atoms with van der Waals surface area (Å²) in [6, 6.07) is 0. The lowest BCUT2D eigenvalue weighted by Gasteiger charge is -2.40. The summed E-state index contributed by atoms with van der Waals surface area (Å²) < 4.78 is 0. The van der Waals surface area contributed by atoms with Gasteiger partial charge in [0.25, 0.3) is 0 Å². The predicted molar refractivity (Wildman–Crippen MR) is 68.8 cm³/mol. The van der Waals surface area contributed by atoms with Gasteiger partial charge in [-0.3, -0.25) is 0 Å². The molecule has 0 spiro atoms. The molecule has 0 aromatic rings. The highest BCUT2D eigenvalue weighted by Crippen LogP contribution is 2.31. The fourth-order valence-electron chi connectivity index (χ4n) is 2.52. The van der Waals surface area contributed by atoms with Gasteiger partial charge < -0.3 is 10.6 Å². The third-order valence-corrected chi connectivity index (χ3v) is 3.71. The third-order valence-electron chi connectivity index (χ3n) is 3.71. The van der Waals surface area contributed by atoms with Gasteiger partial charge in [0, 0.05) is 12.7 Å². The summed E-state index contributed by atoms with van der Waals surface area (Å²) in [6.07, 6.45) is 9.83. The standard InChI is InChI=1S/C14H24N2/c1-14(2,3)13(15)16-9-8-11-6-4-5-7-12(11)10-16/h8-9,13H,4-7,10,15H2,1-3H3. The van der Waals surface area contributed by atoms with Gasteiger partial charge in [-0.15, -0.1) is 0 Å². The number of nitrogens with zero attached hydrogens (tertiary/aromatic N) is 1. The SMILES string of the molecule is CC(C)(C)C(N)N1C=CC2=C(CCCC2)C1. The molecule has 90 valence electrons. The van der Waals surface area contributed by atoms with Crippen molar-refractivity contribution in [3.05, 3.63) is 23.4 Å². The van der Waals surface area contributed by atoms with Crippen LogP contribution in [0.1, 0.15) is 46.5 Å². The minimum atomic E-state index is 0.111. The maximum Gasteiger partial charge on any atom is 0.0817 e. The van der Waals surface area contributed by atoms with Gasteiger partial charge in [-0.1, -0.05) is 20.8 Å². The second-order valence-corrected chi connectivity index (χ2v) is 6.13. The summed E-state index contributed by atoms with van der Waals surface area (Å²) >= 11 is 0. The summed E-state index contributed by atoms with van der Waals surface area (Å²) in [6.45, 7) is 7.66. The van der Waals surface area contributed by atoms with Gasteiger partial charge in [-0.05, 0) is 48.3 Å². The van der Waals surface area contributed by atoms with Gasteiger partial charge >= 0.3 is 0 Å². The summed E-state index contributed by atoms with van der Waals surface area (Å²) in [5.41, 5.74) is 9.63. The van der Waals surface area contributed by atoms with Gasteiger partial charge in [0.05, 0.1) is 6.17 Å². The molecule has 2 rings (SSSR count). The van der Waals surface area contributed by atoms with Gasteiger partial charge in [0.15, 0.2) is 0 Å². The van der Waals surface area contributed by atoms with Gasteiger partial charge in [-0.2, -0.15) is 0 Å². The molecule has 1 aliphatic heterocycles. The number of allylic oxidation sites excluding steroid dienone is 2. The Labute approximate surface area is 99.2 Å². The predicted octanol–water partition coefficient (Wildman–Crippen LogP) is 3.02. The Morgan fingerprint density at radius 1 is 1.25 bits per heavy atom. The summed E-state index contributed by atoms with van der Waals surface area (Å²) in [5.74, 6) is 0. The summed E-state index contributed by atoms with van der Waals surface area (Å²) in [4.78, 5) is 2.30. The average Bonchev–Trinajstić information content (AvgIpc) is 2.26. The lowest BCUT2D eigenvalue weighted by Crippen LogP contribution is -2.49. The molecular formula is C14H24N2. The molecule has 2 aliphatic rings. The van der Waals surface area contributed by atoms with Crippen LogP contribution in [-0.2, 0) is 0 Å². The third kappa shape index (κ3) is 2.32. The van der Waals surface area contributed by atoms with Crippen LogP contribution in [0.2, 0.25) is 0 Å². The Hall–Kier alpha value is -0.760. The fourth-order valence-corrected chi connectivity index (χ4v) is 2.52. The van der Waals surface area contributed by atoms with E-state index >= 15 is 0 Å². The van der Waals surface area contributed by atoms with Crippen molar-refractivity contribution in [3.63, 3.8) is 0 Å². The molecule has 2 N–H and O–H groups in total. The van der Waals surface area contributed by atoms with Crippen LogP contribution in [0.4, 0.5) is 0 Å². The van der Waals surface area contributed by atoms with Crippen molar-refractivity contribution in [2.45, 2.75) is 52.6 Å². The molecule has 0 aromatic carbocycles. The Bertz CT molecular complexity index is 320. The molecule has 0 aromatic heterocycles. The first-order valence-corrected chi connectivity index (χ1v) is 6.39. The molecule has 16 heavy (non-hydrogen) atoms. The van der Waals surface area contributed by atoms with Crippen LogP contribution in [0.25, 0.3) is 0 Å².